The fraction of sp³-hybridized carbons (Fsp3) is 0.0833. The molecule has 32 heavy (non-hydrogen) atoms. The van der Waals surface area contributed by atoms with Crippen LogP contribution in [-0.2, 0) is 4.79 Å². The summed E-state index contributed by atoms with van der Waals surface area (Å²) < 4.78 is 6.73. The predicted octanol–water partition coefficient (Wildman–Crippen LogP) is 3.97. The van der Waals surface area contributed by atoms with Crippen LogP contribution in [0, 0.1) is 6.92 Å². The molecule has 0 atom stereocenters. The van der Waals surface area contributed by atoms with E-state index < -0.39 is 0 Å². The quantitative estimate of drug-likeness (QED) is 0.452. The van der Waals surface area contributed by atoms with E-state index >= 15 is 0 Å². The van der Waals surface area contributed by atoms with Gasteiger partial charge in [-0.05, 0) is 67.1 Å². The normalized spacial score (nSPS) is 10.6. The van der Waals surface area contributed by atoms with E-state index in [-0.39, 0.29) is 11.5 Å². The van der Waals surface area contributed by atoms with Gasteiger partial charge >= 0.3 is 0 Å². The fourth-order valence-electron chi connectivity index (χ4n) is 3.26. The van der Waals surface area contributed by atoms with Crippen molar-refractivity contribution in [2.24, 2.45) is 0 Å². The molecule has 2 aromatic carbocycles. The van der Waals surface area contributed by atoms with E-state index in [9.17, 15) is 9.59 Å². The average molecular weight is 427 g/mol. The number of methoxy groups -OCH3 is 1. The summed E-state index contributed by atoms with van der Waals surface area (Å²) in [7, 11) is 1.59. The number of fused-ring (bicyclic) bond motifs is 1. The molecule has 160 valence electrons. The first-order valence-corrected chi connectivity index (χ1v) is 9.83. The first-order chi connectivity index (χ1) is 15.5. The molecule has 4 rings (SSSR count). The molecule has 0 aliphatic rings. The summed E-state index contributed by atoms with van der Waals surface area (Å²) in [5.74, 6) is 0.762. The molecule has 0 aliphatic heterocycles. The van der Waals surface area contributed by atoms with Gasteiger partial charge in [-0.2, -0.15) is 4.98 Å². The van der Waals surface area contributed by atoms with Crippen molar-refractivity contribution in [2.45, 2.75) is 6.92 Å². The third kappa shape index (κ3) is 4.20. The lowest BCUT2D eigenvalue weighted by Gasteiger charge is -2.13. The molecule has 0 aliphatic carbocycles. The minimum absolute atomic E-state index is 0.203. The molecule has 2 aromatic heterocycles. The first-order valence-electron chi connectivity index (χ1n) is 9.83. The third-order valence-electron chi connectivity index (χ3n) is 4.89. The van der Waals surface area contributed by atoms with Crippen LogP contribution in [0.25, 0.3) is 16.7 Å². The first kappa shape index (κ1) is 20.8. The van der Waals surface area contributed by atoms with E-state index in [0.717, 1.165) is 16.6 Å². The van der Waals surface area contributed by atoms with Crippen LogP contribution in [0.4, 0.5) is 17.3 Å². The summed E-state index contributed by atoms with van der Waals surface area (Å²) in [5.41, 5.74) is 3.26. The van der Waals surface area contributed by atoms with Gasteiger partial charge in [-0.15, -0.1) is 0 Å². The maximum atomic E-state index is 12.7. The Balaban J connectivity index is 1.71. The summed E-state index contributed by atoms with van der Waals surface area (Å²) >= 11 is 0. The van der Waals surface area contributed by atoms with Crippen molar-refractivity contribution in [2.75, 3.05) is 17.7 Å². The number of pyridine rings is 1. The Morgan fingerprint density at radius 3 is 2.59 bits per heavy atom. The van der Waals surface area contributed by atoms with E-state index in [2.05, 4.69) is 27.2 Å². The van der Waals surface area contributed by atoms with Crippen molar-refractivity contribution in [3.63, 3.8) is 0 Å². The number of benzene rings is 2. The van der Waals surface area contributed by atoms with Crippen LogP contribution < -0.4 is 20.9 Å². The maximum absolute atomic E-state index is 12.7. The Morgan fingerprint density at radius 1 is 1.12 bits per heavy atom. The number of hydrogen-bond acceptors (Lipinski definition) is 6. The molecular weight excluding hydrogens is 406 g/mol. The van der Waals surface area contributed by atoms with Gasteiger partial charge in [0.15, 0.2) is 5.65 Å². The molecular formula is C24H21N5O3. The molecule has 8 heteroatoms. The zero-order chi connectivity index (χ0) is 22.7. The number of amides is 1. The topological polar surface area (TPSA) is 98.1 Å². The van der Waals surface area contributed by atoms with Crippen molar-refractivity contribution in [3.05, 3.63) is 89.4 Å². The van der Waals surface area contributed by atoms with Crippen molar-refractivity contribution < 1.29 is 9.53 Å². The number of anilines is 3. The average Bonchev–Trinajstić information content (AvgIpc) is 2.81. The molecule has 0 saturated heterocycles. The molecule has 4 aromatic rings. The molecule has 0 saturated carbocycles. The number of aromatic nitrogens is 3. The van der Waals surface area contributed by atoms with Crippen molar-refractivity contribution >= 4 is 34.3 Å². The van der Waals surface area contributed by atoms with Crippen LogP contribution in [-0.4, -0.2) is 27.6 Å². The van der Waals surface area contributed by atoms with E-state index in [1.165, 1.54) is 16.7 Å². The summed E-state index contributed by atoms with van der Waals surface area (Å²) in [6.45, 7) is 5.35. The van der Waals surface area contributed by atoms with Crippen molar-refractivity contribution in [1.82, 2.24) is 14.5 Å². The second-order valence-corrected chi connectivity index (χ2v) is 7.03. The molecule has 0 fully saturated rings. The molecule has 0 bridgehead atoms. The number of carbonyl (C=O) groups is 1. The standard InChI is InChI=1S/C24H21N5O3/c1-4-21(30)26-17-6-11-20(15(2)13-17)27-24-25-14-16-5-12-22(31)29(23(16)28-24)18-7-9-19(32-3)10-8-18/h4-14H,1H2,2-3H3,(H,26,30)(H,25,27,28). The number of nitrogens with zero attached hydrogens (tertiary/aromatic N) is 3. The molecule has 0 spiro atoms. The minimum Gasteiger partial charge on any atom is -0.497 e. The summed E-state index contributed by atoms with van der Waals surface area (Å²) in [6, 6.07) is 15.8. The Hall–Kier alpha value is -4.46. The van der Waals surface area contributed by atoms with Gasteiger partial charge in [0.25, 0.3) is 5.56 Å². The lowest BCUT2D eigenvalue weighted by atomic mass is 10.1. The molecule has 2 N–H and O–H groups in total. The van der Waals surface area contributed by atoms with Gasteiger partial charge in [-0.3, -0.25) is 14.2 Å². The molecule has 0 unspecified atom stereocenters. The summed E-state index contributed by atoms with van der Waals surface area (Å²) in [5, 5.41) is 6.64. The SMILES string of the molecule is C=CC(=O)Nc1ccc(Nc2ncc3ccc(=O)n(-c4ccc(OC)cc4)c3n2)c(C)c1. The van der Waals surface area contributed by atoms with Gasteiger partial charge in [0.2, 0.25) is 11.9 Å². The lowest BCUT2D eigenvalue weighted by molar-refractivity contribution is -0.111. The van der Waals surface area contributed by atoms with Crippen LogP contribution in [0.1, 0.15) is 5.56 Å². The summed E-state index contributed by atoms with van der Waals surface area (Å²) in [6.07, 6.45) is 2.88. The summed E-state index contributed by atoms with van der Waals surface area (Å²) in [4.78, 5) is 33.2. The maximum Gasteiger partial charge on any atom is 0.256 e. The van der Waals surface area contributed by atoms with Crippen LogP contribution in [0.2, 0.25) is 0 Å². The lowest BCUT2D eigenvalue weighted by Crippen LogP contribution is -2.18. The monoisotopic (exact) mass is 427 g/mol. The van der Waals surface area contributed by atoms with Gasteiger partial charge in [-0.25, -0.2) is 4.98 Å². The van der Waals surface area contributed by atoms with Crippen molar-refractivity contribution in [1.29, 1.82) is 0 Å². The fourth-order valence-corrected chi connectivity index (χ4v) is 3.26. The van der Waals surface area contributed by atoms with Gasteiger partial charge in [0, 0.05) is 29.0 Å². The Kier molecular flexibility index (Phi) is 5.67. The molecule has 0 radical (unpaired) electrons. The van der Waals surface area contributed by atoms with Gasteiger partial charge in [0.05, 0.1) is 12.8 Å². The Labute approximate surface area is 184 Å². The number of nitrogens with one attached hydrogen (secondary N) is 2. The highest BCUT2D eigenvalue weighted by molar-refractivity contribution is 5.99. The largest absolute Gasteiger partial charge is 0.497 e. The third-order valence-corrected chi connectivity index (χ3v) is 4.89. The number of aryl methyl sites for hydroxylation is 1. The second kappa shape index (κ2) is 8.73. The smallest absolute Gasteiger partial charge is 0.256 e. The number of hydrogen-bond donors (Lipinski definition) is 2. The van der Waals surface area contributed by atoms with Gasteiger partial charge in [-0.1, -0.05) is 6.58 Å². The van der Waals surface area contributed by atoms with Crippen LogP contribution in [0.15, 0.2) is 78.2 Å². The van der Waals surface area contributed by atoms with Crippen LogP contribution in [0.5, 0.6) is 5.75 Å². The van der Waals surface area contributed by atoms with Crippen molar-refractivity contribution in [3.8, 4) is 11.4 Å². The second-order valence-electron chi connectivity index (χ2n) is 7.03. The zero-order valence-electron chi connectivity index (χ0n) is 17.6. The molecule has 1 amide bonds. The highest BCUT2D eigenvalue weighted by atomic mass is 16.5. The van der Waals surface area contributed by atoms with Crippen LogP contribution in [0.3, 0.4) is 0 Å². The Bertz CT molecular complexity index is 1380. The van der Waals surface area contributed by atoms with E-state index in [1.807, 2.05) is 19.1 Å². The number of carbonyl (C=O) groups excluding carboxylic acids is 1. The number of rotatable bonds is 6. The van der Waals surface area contributed by atoms with E-state index in [4.69, 9.17) is 4.74 Å². The van der Waals surface area contributed by atoms with Crippen LogP contribution >= 0.6 is 0 Å². The minimum atomic E-state index is -0.278. The molecule has 2 heterocycles. The van der Waals surface area contributed by atoms with E-state index in [1.54, 1.807) is 49.7 Å². The zero-order valence-corrected chi connectivity index (χ0v) is 17.6. The van der Waals surface area contributed by atoms with Gasteiger partial charge < -0.3 is 15.4 Å². The highest BCUT2D eigenvalue weighted by Crippen LogP contribution is 2.24. The predicted molar refractivity (Wildman–Crippen MR) is 125 cm³/mol. The highest BCUT2D eigenvalue weighted by Gasteiger charge is 2.10. The molecule has 8 nitrogen and oxygen atoms in total. The Morgan fingerprint density at radius 2 is 1.91 bits per heavy atom. The van der Waals surface area contributed by atoms with Gasteiger partial charge in [0.1, 0.15) is 5.75 Å². The van der Waals surface area contributed by atoms with E-state index in [0.29, 0.717) is 28.7 Å². The number of ether oxygens (including phenoxy) is 1.